The van der Waals surface area contributed by atoms with E-state index in [0.717, 1.165) is 43.2 Å². The number of hydrogen-bond donors (Lipinski definition) is 3. The molecule has 0 unspecified atom stereocenters. The fraction of sp³-hybridized carbons (Fsp3) is 0.588. The number of benzene rings is 1. The summed E-state index contributed by atoms with van der Waals surface area (Å²) in [6.45, 7) is 3.89. The minimum Gasteiger partial charge on any atom is -0.355 e. The number of rotatable bonds is 7. The Balaban J connectivity index is 1.68. The van der Waals surface area contributed by atoms with Crippen molar-refractivity contribution in [1.82, 2.24) is 20.3 Å². The Hall–Kier alpha value is -1.16. The minimum absolute atomic E-state index is 0.338. The first kappa shape index (κ1) is 21.1. The van der Waals surface area contributed by atoms with Crippen LogP contribution < -0.4 is 15.4 Å². The first-order chi connectivity index (χ1) is 12.4. The van der Waals surface area contributed by atoms with Gasteiger partial charge in [-0.2, -0.15) is 0 Å². The van der Waals surface area contributed by atoms with Gasteiger partial charge in [0.2, 0.25) is 10.0 Å². The number of aliphatic imine (C=N–C) groups is 1. The lowest BCUT2D eigenvalue weighted by Gasteiger charge is -2.33. The monoisotopic (exact) mass is 445 g/mol. The summed E-state index contributed by atoms with van der Waals surface area (Å²) in [4.78, 5) is 6.68. The number of guanidine groups is 1. The molecule has 0 atom stereocenters. The average Bonchev–Trinajstić information content (AvgIpc) is 2.60. The number of nitrogens with one attached hydrogen (secondary N) is 3. The summed E-state index contributed by atoms with van der Waals surface area (Å²) in [5.41, 5.74) is 1.33. The molecular weight excluding hydrogens is 418 g/mol. The zero-order valence-corrected chi connectivity index (χ0v) is 17.7. The maximum absolute atomic E-state index is 11.0. The molecule has 1 aliphatic heterocycles. The predicted molar refractivity (Wildman–Crippen MR) is 110 cm³/mol. The molecule has 0 bridgehead atoms. The normalized spacial score (nSPS) is 17.3. The van der Waals surface area contributed by atoms with Crippen LogP contribution in [0.15, 0.2) is 33.7 Å². The zero-order chi connectivity index (χ0) is 19.0. The largest absolute Gasteiger partial charge is 0.355 e. The van der Waals surface area contributed by atoms with Crippen LogP contribution in [0.5, 0.6) is 0 Å². The molecule has 0 amide bonds. The standard InChI is InChI=1S/C17H28BrN5O2S/c1-19-17(20-9-10-21-26(2,24)25)22-16-7-11-23(12-8-16)13-14-3-5-15(18)6-4-14/h3-6,16,21H,7-13H2,1-2H3,(H2,19,20,22). The number of piperidine rings is 1. The van der Waals surface area contributed by atoms with E-state index in [9.17, 15) is 8.42 Å². The van der Waals surface area contributed by atoms with Crippen LogP contribution in [0.2, 0.25) is 0 Å². The van der Waals surface area contributed by atoms with Gasteiger partial charge >= 0.3 is 0 Å². The fourth-order valence-corrected chi connectivity index (χ4v) is 3.63. The molecule has 9 heteroatoms. The smallest absolute Gasteiger partial charge is 0.208 e. The lowest BCUT2D eigenvalue weighted by atomic mass is 10.0. The Morgan fingerprint density at radius 2 is 1.88 bits per heavy atom. The third-order valence-electron chi connectivity index (χ3n) is 4.25. The molecule has 0 aliphatic carbocycles. The highest BCUT2D eigenvalue weighted by Crippen LogP contribution is 2.16. The highest BCUT2D eigenvalue weighted by Gasteiger charge is 2.20. The van der Waals surface area contributed by atoms with E-state index in [-0.39, 0.29) is 0 Å². The van der Waals surface area contributed by atoms with Crippen LogP contribution in [0.4, 0.5) is 0 Å². The Kier molecular flexibility index (Phi) is 8.33. The van der Waals surface area contributed by atoms with Crippen molar-refractivity contribution >= 4 is 31.9 Å². The lowest BCUT2D eigenvalue weighted by molar-refractivity contribution is 0.198. The Morgan fingerprint density at radius 1 is 1.23 bits per heavy atom. The van der Waals surface area contributed by atoms with Crippen molar-refractivity contribution in [3.05, 3.63) is 34.3 Å². The van der Waals surface area contributed by atoms with Gasteiger partial charge in [0.05, 0.1) is 6.26 Å². The average molecular weight is 446 g/mol. The number of likely N-dealkylation sites (tertiary alicyclic amines) is 1. The summed E-state index contributed by atoms with van der Waals surface area (Å²) in [7, 11) is -1.42. The molecule has 1 saturated heterocycles. The Labute approximate surface area is 164 Å². The first-order valence-corrected chi connectivity index (χ1v) is 11.4. The molecule has 7 nitrogen and oxygen atoms in total. The number of sulfonamides is 1. The van der Waals surface area contributed by atoms with Gasteiger partial charge in [0.15, 0.2) is 5.96 Å². The Morgan fingerprint density at radius 3 is 2.46 bits per heavy atom. The second-order valence-corrected chi connectivity index (χ2v) is 9.24. The van der Waals surface area contributed by atoms with Crippen molar-refractivity contribution in [3.63, 3.8) is 0 Å². The second-order valence-electron chi connectivity index (χ2n) is 6.49. The molecule has 146 valence electrons. The van der Waals surface area contributed by atoms with Crippen LogP contribution in [-0.2, 0) is 16.6 Å². The lowest BCUT2D eigenvalue weighted by Crippen LogP contribution is -2.49. The Bertz CT molecular complexity index is 686. The molecule has 1 fully saturated rings. The van der Waals surface area contributed by atoms with E-state index in [2.05, 4.69) is 65.4 Å². The summed E-state index contributed by atoms with van der Waals surface area (Å²) in [6.07, 6.45) is 3.26. The molecule has 1 aromatic carbocycles. The zero-order valence-electron chi connectivity index (χ0n) is 15.3. The van der Waals surface area contributed by atoms with E-state index in [4.69, 9.17) is 0 Å². The van der Waals surface area contributed by atoms with Crippen LogP contribution in [0, 0.1) is 0 Å². The highest BCUT2D eigenvalue weighted by atomic mass is 79.9. The molecule has 1 aliphatic rings. The number of hydrogen-bond acceptors (Lipinski definition) is 4. The highest BCUT2D eigenvalue weighted by molar-refractivity contribution is 9.10. The third-order valence-corrected chi connectivity index (χ3v) is 5.51. The number of halogens is 1. The van der Waals surface area contributed by atoms with Crippen LogP contribution in [0.25, 0.3) is 0 Å². The van der Waals surface area contributed by atoms with Gasteiger partial charge in [-0.15, -0.1) is 0 Å². The van der Waals surface area contributed by atoms with Gasteiger partial charge in [0.25, 0.3) is 0 Å². The van der Waals surface area contributed by atoms with Crippen molar-refractivity contribution in [2.75, 3.05) is 39.5 Å². The van der Waals surface area contributed by atoms with Crippen molar-refractivity contribution < 1.29 is 8.42 Å². The summed E-state index contributed by atoms with van der Waals surface area (Å²) < 4.78 is 25.7. The summed E-state index contributed by atoms with van der Waals surface area (Å²) >= 11 is 3.47. The fourth-order valence-electron chi connectivity index (χ4n) is 2.89. The predicted octanol–water partition coefficient (Wildman–Crippen LogP) is 1.13. The van der Waals surface area contributed by atoms with Gasteiger partial charge in [-0.1, -0.05) is 28.1 Å². The van der Waals surface area contributed by atoms with Gasteiger partial charge in [-0.3, -0.25) is 9.89 Å². The van der Waals surface area contributed by atoms with Crippen LogP contribution in [-0.4, -0.2) is 64.8 Å². The van der Waals surface area contributed by atoms with Crippen LogP contribution in [0.3, 0.4) is 0 Å². The van der Waals surface area contributed by atoms with Crippen LogP contribution >= 0.6 is 15.9 Å². The maximum atomic E-state index is 11.0. The summed E-state index contributed by atoms with van der Waals surface area (Å²) in [5.74, 6) is 0.715. The minimum atomic E-state index is -3.15. The number of nitrogens with zero attached hydrogens (tertiary/aromatic N) is 2. The molecular formula is C17H28BrN5O2S. The van der Waals surface area contributed by atoms with E-state index < -0.39 is 10.0 Å². The molecule has 1 heterocycles. The molecule has 1 aromatic rings. The molecule has 3 N–H and O–H groups in total. The van der Waals surface area contributed by atoms with E-state index >= 15 is 0 Å². The molecule has 2 rings (SSSR count). The van der Waals surface area contributed by atoms with Gasteiger partial charge in [-0.05, 0) is 30.5 Å². The second kappa shape index (κ2) is 10.2. The van der Waals surface area contributed by atoms with Crippen molar-refractivity contribution in [2.24, 2.45) is 4.99 Å². The quantitative estimate of drug-likeness (QED) is 0.332. The molecule has 0 radical (unpaired) electrons. The van der Waals surface area contributed by atoms with Gasteiger partial charge in [0, 0.05) is 50.3 Å². The SMILES string of the molecule is CN=C(NCCNS(C)(=O)=O)NC1CCN(Cc2ccc(Br)cc2)CC1. The van der Waals surface area contributed by atoms with Gasteiger partial charge < -0.3 is 10.6 Å². The van der Waals surface area contributed by atoms with Gasteiger partial charge in [0.1, 0.15) is 0 Å². The first-order valence-electron chi connectivity index (χ1n) is 8.74. The summed E-state index contributed by atoms with van der Waals surface area (Å²) in [6, 6.07) is 8.86. The molecule has 0 aromatic heterocycles. The van der Waals surface area contributed by atoms with E-state index in [1.165, 1.54) is 5.56 Å². The molecule has 0 spiro atoms. The van der Waals surface area contributed by atoms with Crippen molar-refractivity contribution in [2.45, 2.75) is 25.4 Å². The van der Waals surface area contributed by atoms with E-state index in [1.807, 2.05) is 0 Å². The van der Waals surface area contributed by atoms with E-state index in [1.54, 1.807) is 7.05 Å². The van der Waals surface area contributed by atoms with Crippen molar-refractivity contribution in [1.29, 1.82) is 0 Å². The topological polar surface area (TPSA) is 85.8 Å². The van der Waals surface area contributed by atoms with Gasteiger partial charge in [-0.25, -0.2) is 13.1 Å². The third kappa shape index (κ3) is 8.03. The van der Waals surface area contributed by atoms with Crippen LogP contribution in [0.1, 0.15) is 18.4 Å². The molecule has 0 saturated carbocycles. The molecule has 26 heavy (non-hydrogen) atoms. The summed E-state index contributed by atoms with van der Waals surface area (Å²) in [5, 5.41) is 6.56. The van der Waals surface area contributed by atoms with E-state index in [0.29, 0.717) is 25.1 Å². The maximum Gasteiger partial charge on any atom is 0.208 e. The van der Waals surface area contributed by atoms with Crippen molar-refractivity contribution in [3.8, 4) is 0 Å².